The highest BCUT2D eigenvalue weighted by molar-refractivity contribution is 7.07. The van der Waals surface area contributed by atoms with E-state index in [-0.39, 0.29) is 6.04 Å². The predicted octanol–water partition coefficient (Wildman–Crippen LogP) is 4.94. The van der Waals surface area contributed by atoms with Gasteiger partial charge in [0.1, 0.15) is 0 Å². The molecule has 1 aliphatic rings. The molecular formula is C19H25N3S. The maximum Gasteiger partial charge on any atom is 0.206 e. The van der Waals surface area contributed by atoms with Crippen molar-refractivity contribution in [1.82, 2.24) is 4.68 Å². The van der Waals surface area contributed by atoms with Crippen molar-refractivity contribution in [3.8, 4) is 11.3 Å². The van der Waals surface area contributed by atoms with Crippen molar-refractivity contribution in [3.63, 3.8) is 0 Å². The molecule has 0 aliphatic heterocycles. The molecule has 4 heteroatoms. The Labute approximate surface area is 142 Å². The maximum absolute atomic E-state index is 4.83. The van der Waals surface area contributed by atoms with Gasteiger partial charge in [-0.15, -0.1) is 11.3 Å². The van der Waals surface area contributed by atoms with Crippen LogP contribution in [0.3, 0.4) is 0 Å². The first-order chi connectivity index (χ1) is 11.2. The highest BCUT2D eigenvalue weighted by Gasteiger charge is 2.12. The van der Waals surface area contributed by atoms with Crippen molar-refractivity contribution >= 4 is 17.6 Å². The lowest BCUT2D eigenvalue weighted by Crippen LogP contribution is -2.16. The lowest BCUT2D eigenvalue weighted by atomic mass is 9.90. The van der Waals surface area contributed by atoms with Gasteiger partial charge in [-0.05, 0) is 32.6 Å². The molecule has 0 saturated heterocycles. The Hall–Kier alpha value is -1.68. The molecule has 1 aromatic carbocycles. The summed E-state index contributed by atoms with van der Waals surface area (Å²) in [6.07, 6.45) is 8.73. The number of hydrogen-bond acceptors (Lipinski definition) is 3. The van der Waals surface area contributed by atoms with Gasteiger partial charge in [-0.25, -0.2) is 4.68 Å². The van der Waals surface area contributed by atoms with Gasteiger partial charge in [0.05, 0.1) is 5.69 Å². The molecule has 0 atom stereocenters. The molecule has 0 amide bonds. The normalized spacial score (nSPS) is 17.4. The van der Waals surface area contributed by atoms with Crippen molar-refractivity contribution in [2.24, 2.45) is 16.0 Å². The number of hydrogen-bond donors (Lipinski definition) is 0. The zero-order valence-corrected chi connectivity index (χ0v) is 14.8. The van der Waals surface area contributed by atoms with Crippen LogP contribution in [0, 0.1) is 5.92 Å². The molecule has 0 spiro atoms. The molecule has 3 rings (SSSR count). The molecule has 23 heavy (non-hydrogen) atoms. The van der Waals surface area contributed by atoms with Crippen LogP contribution >= 0.6 is 11.3 Å². The Bertz CT molecular complexity index is 704. The summed E-state index contributed by atoms with van der Waals surface area (Å²) in [5.74, 6) is 0.617. The largest absolute Gasteiger partial charge is 0.255 e. The van der Waals surface area contributed by atoms with Crippen LogP contribution in [0.4, 0.5) is 0 Å². The summed E-state index contributed by atoms with van der Waals surface area (Å²) in [6.45, 7) is 4.22. The second-order valence-electron chi connectivity index (χ2n) is 6.47. The summed E-state index contributed by atoms with van der Waals surface area (Å²) in [7, 11) is 0. The third kappa shape index (κ3) is 4.20. The van der Waals surface area contributed by atoms with Crippen LogP contribution in [0.5, 0.6) is 0 Å². The van der Waals surface area contributed by atoms with Gasteiger partial charge in [0.2, 0.25) is 4.80 Å². The molecule has 1 fully saturated rings. The minimum Gasteiger partial charge on any atom is -0.255 e. The lowest BCUT2D eigenvalue weighted by molar-refractivity contribution is 0.443. The molecular weight excluding hydrogens is 302 g/mol. The van der Waals surface area contributed by atoms with E-state index >= 15 is 0 Å². The van der Waals surface area contributed by atoms with Gasteiger partial charge in [0, 0.05) is 23.2 Å². The predicted molar refractivity (Wildman–Crippen MR) is 98.9 cm³/mol. The summed E-state index contributed by atoms with van der Waals surface area (Å²) >= 11 is 1.67. The summed E-state index contributed by atoms with van der Waals surface area (Å²) in [6, 6.07) is 10.7. The Kier molecular flexibility index (Phi) is 5.44. The molecule has 3 nitrogen and oxygen atoms in total. The quantitative estimate of drug-likeness (QED) is 0.712. The molecule has 0 radical (unpaired) electrons. The van der Waals surface area contributed by atoms with Gasteiger partial charge in [-0.2, -0.15) is 5.10 Å². The van der Waals surface area contributed by atoms with Gasteiger partial charge in [0.15, 0.2) is 0 Å². The van der Waals surface area contributed by atoms with E-state index < -0.39 is 0 Å². The van der Waals surface area contributed by atoms with E-state index in [0.717, 1.165) is 10.5 Å². The molecule has 0 N–H and O–H groups in total. The molecule has 0 unspecified atom stereocenters. The molecule has 2 aromatic rings. The van der Waals surface area contributed by atoms with Crippen LogP contribution in [0.2, 0.25) is 0 Å². The van der Waals surface area contributed by atoms with E-state index in [1.165, 1.54) is 37.7 Å². The first kappa shape index (κ1) is 16.2. The number of aromatic nitrogens is 1. The fourth-order valence-corrected chi connectivity index (χ4v) is 3.94. The van der Waals surface area contributed by atoms with E-state index in [1.807, 2.05) is 10.7 Å². The van der Waals surface area contributed by atoms with Gasteiger partial charge in [0.25, 0.3) is 0 Å². The monoisotopic (exact) mass is 327 g/mol. The third-order valence-corrected chi connectivity index (χ3v) is 5.00. The van der Waals surface area contributed by atoms with Crippen molar-refractivity contribution in [3.05, 3.63) is 40.5 Å². The standard InChI is InChI=1S/C19H25N3S/c1-15(2)21-19-22(20-13-16-9-5-3-6-10-16)18(14-23-19)17-11-7-4-8-12-17/h4,7-8,11-16H,3,5-6,9-10H2,1-2H3. The highest BCUT2D eigenvalue weighted by Crippen LogP contribution is 2.23. The van der Waals surface area contributed by atoms with E-state index in [1.54, 1.807) is 11.3 Å². The average molecular weight is 327 g/mol. The van der Waals surface area contributed by atoms with E-state index in [0.29, 0.717) is 5.92 Å². The highest BCUT2D eigenvalue weighted by atomic mass is 32.1. The zero-order valence-electron chi connectivity index (χ0n) is 14.0. The minimum atomic E-state index is 0.272. The van der Waals surface area contributed by atoms with Crippen LogP contribution in [-0.4, -0.2) is 16.9 Å². The van der Waals surface area contributed by atoms with Crippen molar-refractivity contribution in [2.45, 2.75) is 52.0 Å². The smallest absolute Gasteiger partial charge is 0.206 e. The molecule has 1 saturated carbocycles. The fraction of sp³-hybridized carbons (Fsp3) is 0.474. The lowest BCUT2D eigenvalue weighted by Gasteiger charge is -2.17. The molecule has 1 aliphatic carbocycles. The van der Waals surface area contributed by atoms with Gasteiger partial charge >= 0.3 is 0 Å². The topological polar surface area (TPSA) is 29.6 Å². The van der Waals surface area contributed by atoms with Crippen molar-refractivity contribution in [2.75, 3.05) is 0 Å². The Morgan fingerprint density at radius 1 is 1.13 bits per heavy atom. The first-order valence-electron chi connectivity index (χ1n) is 8.58. The number of thiazole rings is 1. The number of nitrogens with zero attached hydrogens (tertiary/aromatic N) is 3. The Balaban J connectivity index is 1.98. The van der Waals surface area contributed by atoms with Crippen molar-refractivity contribution in [1.29, 1.82) is 0 Å². The van der Waals surface area contributed by atoms with Crippen LogP contribution in [0.15, 0.2) is 45.8 Å². The third-order valence-electron chi connectivity index (χ3n) is 4.17. The van der Waals surface area contributed by atoms with Crippen LogP contribution in [0.25, 0.3) is 11.3 Å². The van der Waals surface area contributed by atoms with Crippen LogP contribution in [0.1, 0.15) is 46.0 Å². The summed E-state index contributed by atoms with van der Waals surface area (Å²) in [5, 5.41) is 6.99. The molecule has 1 heterocycles. The SMILES string of the molecule is CC(C)N=c1scc(-c2ccccc2)n1N=CC1CCCCC1. The number of rotatable bonds is 4. The molecule has 0 bridgehead atoms. The maximum atomic E-state index is 4.83. The first-order valence-corrected chi connectivity index (χ1v) is 9.46. The van der Waals surface area contributed by atoms with E-state index in [2.05, 4.69) is 49.7 Å². The summed E-state index contributed by atoms with van der Waals surface area (Å²) in [4.78, 5) is 5.71. The second-order valence-corrected chi connectivity index (χ2v) is 7.30. The Morgan fingerprint density at radius 2 is 1.87 bits per heavy atom. The average Bonchev–Trinajstić information content (AvgIpc) is 2.96. The van der Waals surface area contributed by atoms with Crippen LogP contribution < -0.4 is 4.80 Å². The fourth-order valence-electron chi connectivity index (χ4n) is 2.97. The van der Waals surface area contributed by atoms with Gasteiger partial charge in [-0.1, -0.05) is 49.6 Å². The van der Waals surface area contributed by atoms with E-state index in [9.17, 15) is 0 Å². The van der Waals surface area contributed by atoms with Gasteiger partial charge in [-0.3, -0.25) is 4.99 Å². The zero-order chi connectivity index (χ0) is 16.1. The van der Waals surface area contributed by atoms with Crippen LogP contribution in [-0.2, 0) is 0 Å². The molecule has 122 valence electrons. The minimum absolute atomic E-state index is 0.272. The molecule has 1 aromatic heterocycles. The summed E-state index contributed by atoms with van der Waals surface area (Å²) < 4.78 is 2.02. The van der Waals surface area contributed by atoms with E-state index in [4.69, 9.17) is 10.1 Å². The summed E-state index contributed by atoms with van der Waals surface area (Å²) in [5.41, 5.74) is 2.32. The van der Waals surface area contributed by atoms with Crippen molar-refractivity contribution < 1.29 is 0 Å². The second kappa shape index (κ2) is 7.73. The van der Waals surface area contributed by atoms with Gasteiger partial charge < -0.3 is 0 Å². The number of benzene rings is 1. The Morgan fingerprint density at radius 3 is 2.57 bits per heavy atom.